The Hall–Kier alpha value is -2.50. The lowest BCUT2D eigenvalue weighted by Gasteiger charge is -2.10. The van der Waals surface area contributed by atoms with Gasteiger partial charge in [-0.3, -0.25) is 4.79 Å². The second kappa shape index (κ2) is 7.81. The number of aryl methyl sites for hydroxylation is 1. The van der Waals surface area contributed by atoms with Gasteiger partial charge in [0.25, 0.3) is 5.91 Å². The average Bonchev–Trinajstić information content (AvgIpc) is 2.89. The normalized spacial score (nSPS) is 10.6. The summed E-state index contributed by atoms with van der Waals surface area (Å²) in [6.45, 7) is 2.23. The van der Waals surface area contributed by atoms with Crippen molar-refractivity contribution >= 4 is 34.8 Å². The Morgan fingerprint density at radius 3 is 2.62 bits per heavy atom. The second-order valence-corrected chi connectivity index (χ2v) is 6.49. The Morgan fingerprint density at radius 2 is 1.92 bits per heavy atom. The van der Waals surface area contributed by atoms with Crippen molar-refractivity contribution in [3.63, 3.8) is 0 Å². The zero-order valence-electron chi connectivity index (χ0n) is 14.3. The number of nitrogens with zero attached hydrogens (tertiary/aromatic N) is 2. The number of carbonyl (C=O) groups excluding carboxylic acids is 1. The summed E-state index contributed by atoms with van der Waals surface area (Å²) < 4.78 is 6.86. The van der Waals surface area contributed by atoms with Crippen LogP contribution in [0.5, 0.6) is 5.75 Å². The fraction of sp³-hybridized carbons (Fsp3) is 0.158. The first-order valence-corrected chi connectivity index (χ1v) is 8.67. The molecular weight excluding hydrogens is 373 g/mol. The number of amides is 1. The van der Waals surface area contributed by atoms with Crippen molar-refractivity contribution in [2.24, 2.45) is 0 Å². The van der Waals surface area contributed by atoms with Crippen LogP contribution in [0, 0.1) is 6.92 Å². The van der Waals surface area contributed by atoms with Gasteiger partial charge in [0.1, 0.15) is 10.9 Å². The molecule has 0 fully saturated rings. The molecule has 1 amide bonds. The van der Waals surface area contributed by atoms with Crippen LogP contribution >= 0.6 is 23.2 Å². The Labute approximate surface area is 161 Å². The zero-order chi connectivity index (χ0) is 18.7. The number of benzene rings is 2. The molecule has 26 heavy (non-hydrogen) atoms. The lowest BCUT2D eigenvalue weighted by atomic mass is 10.2. The molecule has 0 saturated carbocycles. The van der Waals surface area contributed by atoms with E-state index in [0.717, 1.165) is 5.56 Å². The Kier molecular flexibility index (Phi) is 5.49. The van der Waals surface area contributed by atoms with Crippen LogP contribution in [0.1, 0.15) is 21.6 Å². The summed E-state index contributed by atoms with van der Waals surface area (Å²) in [5, 5.41) is 7.96. The number of ether oxygens (including phenoxy) is 1. The molecule has 0 atom stereocenters. The van der Waals surface area contributed by atoms with Crippen LogP contribution in [-0.2, 0) is 6.54 Å². The van der Waals surface area contributed by atoms with E-state index in [4.69, 9.17) is 27.9 Å². The minimum absolute atomic E-state index is 0.282. The van der Waals surface area contributed by atoms with Gasteiger partial charge in [-0.25, -0.2) is 4.68 Å². The molecule has 7 heteroatoms. The molecule has 134 valence electrons. The molecule has 5 nitrogen and oxygen atoms in total. The molecule has 0 aliphatic carbocycles. The quantitative estimate of drug-likeness (QED) is 0.681. The number of aromatic nitrogens is 2. The molecule has 0 aliphatic rings. The van der Waals surface area contributed by atoms with Crippen LogP contribution in [0.3, 0.4) is 0 Å². The van der Waals surface area contributed by atoms with E-state index in [0.29, 0.717) is 34.3 Å². The maximum atomic E-state index is 12.8. The third-order valence-electron chi connectivity index (χ3n) is 3.88. The van der Waals surface area contributed by atoms with E-state index in [1.165, 1.54) is 7.11 Å². The average molecular weight is 390 g/mol. The van der Waals surface area contributed by atoms with E-state index in [1.54, 1.807) is 29.8 Å². The summed E-state index contributed by atoms with van der Waals surface area (Å²) in [5.74, 6) is 0.139. The number of hydrogen-bond donors (Lipinski definition) is 1. The predicted octanol–water partition coefficient (Wildman–Crippen LogP) is 4.81. The molecule has 1 N–H and O–H groups in total. The molecule has 0 unspecified atom stereocenters. The first kappa shape index (κ1) is 18.3. The SMILES string of the molecule is COc1ccc(Cl)cc1NC(=O)c1c(C)nn(Cc2ccccc2)c1Cl. The number of nitrogens with one attached hydrogen (secondary N) is 1. The largest absolute Gasteiger partial charge is 0.495 e. The molecule has 0 saturated heterocycles. The van der Waals surface area contributed by atoms with Crippen LogP contribution in [-0.4, -0.2) is 22.8 Å². The van der Waals surface area contributed by atoms with Gasteiger partial charge in [0.05, 0.1) is 30.6 Å². The third-order valence-corrected chi connectivity index (χ3v) is 4.50. The monoisotopic (exact) mass is 389 g/mol. The summed E-state index contributed by atoms with van der Waals surface area (Å²) in [6.07, 6.45) is 0. The van der Waals surface area contributed by atoms with Crippen molar-refractivity contribution in [2.45, 2.75) is 13.5 Å². The van der Waals surface area contributed by atoms with Crippen LogP contribution in [0.2, 0.25) is 10.2 Å². The molecular formula is C19H17Cl2N3O2. The maximum absolute atomic E-state index is 12.8. The first-order valence-electron chi connectivity index (χ1n) is 7.91. The molecule has 3 aromatic rings. The fourth-order valence-corrected chi connectivity index (χ4v) is 3.13. The number of anilines is 1. The van der Waals surface area contributed by atoms with Crippen LogP contribution in [0.4, 0.5) is 5.69 Å². The highest BCUT2D eigenvalue weighted by atomic mass is 35.5. The van der Waals surface area contributed by atoms with E-state index in [-0.39, 0.29) is 11.1 Å². The number of hydrogen-bond acceptors (Lipinski definition) is 3. The van der Waals surface area contributed by atoms with Gasteiger partial charge in [0.15, 0.2) is 0 Å². The molecule has 3 rings (SSSR count). The zero-order valence-corrected chi connectivity index (χ0v) is 15.8. The van der Waals surface area contributed by atoms with Gasteiger partial charge in [-0.05, 0) is 30.7 Å². The van der Waals surface area contributed by atoms with Gasteiger partial charge in [-0.15, -0.1) is 0 Å². The highest BCUT2D eigenvalue weighted by Crippen LogP contribution is 2.29. The van der Waals surface area contributed by atoms with Gasteiger partial charge >= 0.3 is 0 Å². The number of carbonyl (C=O) groups is 1. The summed E-state index contributed by atoms with van der Waals surface area (Å²) in [6, 6.07) is 14.8. The molecule has 0 spiro atoms. The lowest BCUT2D eigenvalue weighted by molar-refractivity contribution is 0.102. The smallest absolute Gasteiger partial charge is 0.260 e. The van der Waals surface area contributed by atoms with Crippen LogP contribution in [0.25, 0.3) is 0 Å². The molecule has 0 bridgehead atoms. The second-order valence-electron chi connectivity index (χ2n) is 5.69. The molecule has 1 heterocycles. The third kappa shape index (κ3) is 3.84. The number of halogens is 2. The van der Waals surface area contributed by atoms with E-state index in [1.807, 2.05) is 30.3 Å². The van der Waals surface area contributed by atoms with Gasteiger partial charge in [0, 0.05) is 5.02 Å². The van der Waals surface area contributed by atoms with Gasteiger partial charge in [-0.2, -0.15) is 5.10 Å². The first-order chi connectivity index (χ1) is 12.5. The minimum atomic E-state index is -0.368. The van der Waals surface area contributed by atoms with E-state index in [9.17, 15) is 4.79 Å². The van der Waals surface area contributed by atoms with E-state index >= 15 is 0 Å². The fourth-order valence-electron chi connectivity index (χ4n) is 2.64. The highest BCUT2D eigenvalue weighted by Gasteiger charge is 2.21. The molecule has 1 aromatic heterocycles. The van der Waals surface area contributed by atoms with Gasteiger partial charge < -0.3 is 10.1 Å². The minimum Gasteiger partial charge on any atom is -0.495 e. The van der Waals surface area contributed by atoms with E-state index in [2.05, 4.69) is 10.4 Å². The summed E-state index contributed by atoms with van der Waals surface area (Å²) in [4.78, 5) is 12.8. The van der Waals surface area contributed by atoms with E-state index < -0.39 is 0 Å². The summed E-state index contributed by atoms with van der Waals surface area (Å²) in [7, 11) is 1.52. The summed E-state index contributed by atoms with van der Waals surface area (Å²) >= 11 is 12.4. The molecule has 0 radical (unpaired) electrons. The van der Waals surface area contributed by atoms with Crippen LogP contribution < -0.4 is 10.1 Å². The standard InChI is InChI=1S/C19H17Cl2N3O2/c1-12-17(18(21)24(23-12)11-13-6-4-3-5-7-13)19(25)22-15-10-14(20)8-9-16(15)26-2/h3-10H,11H2,1-2H3,(H,22,25). The molecule has 0 aliphatic heterocycles. The maximum Gasteiger partial charge on any atom is 0.260 e. The Morgan fingerprint density at radius 1 is 1.19 bits per heavy atom. The molecule has 2 aromatic carbocycles. The van der Waals surface area contributed by atoms with Crippen molar-refractivity contribution in [1.82, 2.24) is 9.78 Å². The topological polar surface area (TPSA) is 56.1 Å². The van der Waals surface area contributed by atoms with Crippen molar-refractivity contribution in [2.75, 3.05) is 12.4 Å². The Bertz CT molecular complexity index is 939. The van der Waals surface area contributed by atoms with Gasteiger partial charge in [0.2, 0.25) is 0 Å². The number of methoxy groups -OCH3 is 1. The highest BCUT2D eigenvalue weighted by molar-refractivity contribution is 6.34. The Balaban J connectivity index is 1.87. The van der Waals surface area contributed by atoms with Crippen molar-refractivity contribution < 1.29 is 9.53 Å². The van der Waals surface area contributed by atoms with Gasteiger partial charge in [-0.1, -0.05) is 53.5 Å². The lowest BCUT2D eigenvalue weighted by Crippen LogP contribution is -2.14. The predicted molar refractivity (Wildman–Crippen MR) is 103 cm³/mol. The number of rotatable bonds is 5. The van der Waals surface area contributed by atoms with Crippen molar-refractivity contribution in [3.05, 3.63) is 75.5 Å². The van der Waals surface area contributed by atoms with Crippen molar-refractivity contribution in [3.8, 4) is 5.75 Å². The van der Waals surface area contributed by atoms with Crippen molar-refractivity contribution in [1.29, 1.82) is 0 Å². The summed E-state index contributed by atoms with van der Waals surface area (Å²) in [5.41, 5.74) is 2.38. The van der Waals surface area contributed by atoms with Crippen LogP contribution in [0.15, 0.2) is 48.5 Å².